The summed E-state index contributed by atoms with van der Waals surface area (Å²) in [6.45, 7) is 0. The molecule has 4 aromatic rings. The van der Waals surface area contributed by atoms with Crippen LogP contribution >= 0.6 is 34.7 Å². The molecular formula is C22H16ClF2N3S2. The van der Waals surface area contributed by atoms with E-state index in [4.69, 9.17) is 21.6 Å². The molecule has 0 aliphatic heterocycles. The third kappa shape index (κ3) is 3.89. The average Bonchev–Trinajstić information content (AvgIpc) is 3.31. The number of hydrogen-bond acceptors (Lipinski definition) is 5. The van der Waals surface area contributed by atoms with Gasteiger partial charge in [0.05, 0.1) is 16.8 Å². The SMILES string of the molecule is Fc1ccc(F)c(Nc2nc(CSc3ccc(Cl)cc3)nc3sc4c(c23)CCC4)c1. The maximum atomic E-state index is 14.3. The summed E-state index contributed by atoms with van der Waals surface area (Å²) >= 11 is 9.23. The third-order valence-electron chi connectivity index (χ3n) is 4.97. The lowest BCUT2D eigenvalue weighted by Gasteiger charge is -2.11. The van der Waals surface area contributed by atoms with E-state index in [9.17, 15) is 8.78 Å². The van der Waals surface area contributed by atoms with E-state index in [-0.39, 0.29) is 5.69 Å². The maximum absolute atomic E-state index is 14.3. The average molecular weight is 460 g/mol. The number of halogens is 3. The molecule has 0 unspecified atom stereocenters. The van der Waals surface area contributed by atoms with Gasteiger partial charge in [-0.05, 0) is 61.2 Å². The minimum absolute atomic E-state index is 0.0734. The van der Waals surface area contributed by atoms with Gasteiger partial charge in [-0.1, -0.05) is 11.6 Å². The molecule has 5 rings (SSSR count). The van der Waals surface area contributed by atoms with Crippen LogP contribution in [-0.2, 0) is 18.6 Å². The van der Waals surface area contributed by atoms with E-state index in [0.717, 1.165) is 52.6 Å². The molecule has 152 valence electrons. The number of nitrogens with one attached hydrogen (secondary N) is 1. The van der Waals surface area contributed by atoms with Crippen molar-refractivity contribution in [1.82, 2.24) is 9.97 Å². The summed E-state index contributed by atoms with van der Waals surface area (Å²) in [4.78, 5) is 12.7. The lowest BCUT2D eigenvalue weighted by Crippen LogP contribution is -2.02. The monoisotopic (exact) mass is 459 g/mol. The second kappa shape index (κ2) is 8.13. The first-order chi connectivity index (χ1) is 14.6. The van der Waals surface area contributed by atoms with Gasteiger partial charge in [-0.15, -0.1) is 23.1 Å². The number of hydrogen-bond donors (Lipinski definition) is 1. The van der Waals surface area contributed by atoms with Gasteiger partial charge in [-0.3, -0.25) is 0 Å². The lowest BCUT2D eigenvalue weighted by molar-refractivity contribution is 0.603. The van der Waals surface area contributed by atoms with Gasteiger partial charge < -0.3 is 5.32 Å². The first kappa shape index (κ1) is 19.7. The Kier molecular flexibility index (Phi) is 5.35. The molecule has 0 atom stereocenters. The van der Waals surface area contributed by atoms with Crippen LogP contribution in [0.15, 0.2) is 47.4 Å². The van der Waals surface area contributed by atoms with Gasteiger partial charge in [0, 0.05) is 20.9 Å². The largest absolute Gasteiger partial charge is 0.337 e. The van der Waals surface area contributed by atoms with Crippen molar-refractivity contribution >= 4 is 56.4 Å². The number of thioether (sulfide) groups is 1. The molecule has 1 N–H and O–H groups in total. The highest BCUT2D eigenvalue weighted by Gasteiger charge is 2.23. The Labute approximate surface area is 185 Å². The lowest BCUT2D eigenvalue weighted by atomic mass is 10.2. The smallest absolute Gasteiger partial charge is 0.146 e. The maximum Gasteiger partial charge on any atom is 0.146 e. The van der Waals surface area contributed by atoms with E-state index in [1.807, 2.05) is 24.3 Å². The van der Waals surface area contributed by atoms with Gasteiger partial charge in [0.25, 0.3) is 0 Å². The molecule has 0 amide bonds. The van der Waals surface area contributed by atoms with Crippen molar-refractivity contribution < 1.29 is 8.78 Å². The van der Waals surface area contributed by atoms with Gasteiger partial charge in [0.1, 0.15) is 28.1 Å². The molecule has 2 heterocycles. The molecule has 0 fully saturated rings. The van der Waals surface area contributed by atoms with Gasteiger partial charge >= 0.3 is 0 Å². The van der Waals surface area contributed by atoms with E-state index in [2.05, 4.69) is 5.32 Å². The summed E-state index contributed by atoms with van der Waals surface area (Å²) in [7, 11) is 0. The van der Waals surface area contributed by atoms with Crippen LogP contribution in [0.2, 0.25) is 5.02 Å². The molecule has 8 heteroatoms. The molecule has 0 bridgehead atoms. The first-order valence-corrected chi connectivity index (χ1v) is 11.7. The van der Waals surface area contributed by atoms with E-state index in [1.54, 1.807) is 23.1 Å². The highest BCUT2D eigenvalue weighted by Crippen LogP contribution is 2.41. The van der Waals surface area contributed by atoms with Crippen molar-refractivity contribution in [3.63, 3.8) is 0 Å². The molecule has 1 aliphatic carbocycles. The van der Waals surface area contributed by atoms with Crippen molar-refractivity contribution in [2.24, 2.45) is 0 Å². The summed E-state index contributed by atoms with van der Waals surface area (Å²) in [5, 5.41) is 4.65. The zero-order chi connectivity index (χ0) is 20.7. The summed E-state index contributed by atoms with van der Waals surface area (Å²) in [6, 6.07) is 11.0. The second-order valence-corrected chi connectivity index (χ2v) is 9.59. The first-order valence-electron chi connectivity index (χ1n) is 9.48. The number of fused-ring (bicyclic) bond motifs is 3. The molecule has 0 saturated carbocycles. The van der Waals surface area contributed by atoms with Crippen LogP contribution in [0.1, 0.15) is 22.7 Å². The van der Waals surface area contributed by atoms with Crippen molar-refractivity contribution in [2.75, 3.05) is 5.32 Å². The standard InChI is InChI=1S/C22H16ClF2N3S2/c23-12-4-7-14(8-5-12)29-11-19-27-21(26-17-10-13(24)6-9-16(17)25)20-15-2-1-3-18(15)30-22(20)28-19/h4-10H,1-3,11H2,(H,26,27,28). The van der Waals surface area contributed by atoms with Gasteiger partial charge in [-0.2, -0.15) is 0 Å². The minimum atomic E-state index is -0.521. The molecule has 0 saturated heterocycles. The molecule has 2 aromatic carbocycles. The van der Waals surface area contributed by atoms with Crippen LogP contribution in [0.4, 0.5) is 20.3 Å². The number of benzene rings is 2. The number of nitrogens with zero attached hydrogens (tertiary/aromatic N) is 2. The van der Waals surface area contributed by atoms with E-state index in [0.29, 0.717) is 22.4 Å². The molecule has 30 heavy (non-hydrogen) atoms. The number of thiophene rings is 1. The Morgan fingerprint density at radius 1 is 1.07 bits per heavy atom. The fourth-order valence-corrected chi connectivity index (χ4v) is 5.75. The fraction of sp³-hybridized carbons (Fsp3) is 0.182. The summed E-state index contributed by atoms with van der Waals surface area (Å²) in [6.07, 6.45) is 3.08. The number of rotatable bonds is 5. The normalized spacial score (nSPS) is 13.0. The second-order valence-electron chi connectivity index (χ2n) is 7.02. The molecule has 0 spiro atoms. The molecule has 0 radical (unpaired) electrons. The highest BCUT2D eigenvalue weighted by molar-refractivity contribution is 7.98. The number of aromatic nitrogens is 2. The van der Waals surface area contributed by atoms with Gasteiger partial charge in [-0.25, -0.2) is 18.7 Å². The Balaban J connectivity index is 1.53. The third-order valence-corrected chi connectivity index (χ3v) is 7.42. The Morgan fingerprint density at radius 3 is 2.73 bits per heavy atom. The van der Waals surface area contributed by atoms with E-state index in [1.165, 1.54) is 10.4 Å². The number of aryl methyl sites for hydroxylation is 2. The van der Waals surface area contributed by atoms with Crippen LogP contribution < -0.4 is 5.32 Å². The predicted octanol–water partition coefficient (Wildman–Crippen LogP) is 7.15. The Bertz CT molecular complexity index is 1240. The molecule has 1 aliphatic rings. The van der Waals surface area contributed by atoms with Crippen LogP contribution in [-0.4, -0.2) is 9.97 Å². The summed E-state index contributed by atoms with van der Waals surface area (Å²) in [5.74, 6) is 0.711. The number of anilines is 2. The Morgan fingerprint density at radius 2 is 1.90 bits per heavy atom. The zero-order valence-electron chi connectivity index (χ0n) is 15.7. The zero-order valence-corrected chi connectivity index (χ0v) is 18.1. The van der Waals surface area contributed by atoms with Crippen molar-refractivity contribution in [2.45, 2.75) is 29.9 Å². The Hall–Kier alpha value is -2.22. The van der Waals surface area contributed by atoms with Crippen molar-refractivity contribution in [3.05, 3.63) is 75.4 Å². The van der Waals surface area contributed by atoms with Crippen LogP contribution in [0.25, 0.3) is 10.2 Å². The summed E-state index contributed by atoms with van der Waals surface area (Å²) in [5.41, 5.74) is 1.30. The fourth-order valence-electron chi connectivity index (χ4n) is 3.59. The predicted molar refractivity (Wildman–Crippen MR) is 120 cm³/mol. The van der Waals surface area contributed by atoms with E-state index >= 15 is 0 Å². The molecule has 3 nitrogen and oxygen atoms in total. The molecular weight excluding hydrogens is 444 g/mol. The van der Waals surface area contributed by atoms with Crippen LogP contribution in [0, 0.1) is 11.6 Å². The highest BCUT2D eigenvalue weighted by atomic mass is 35.5. The topological polar surface area (TPSA) is 37.8 Å². The molecule has 2 aromatic heterocycles. The minimum Gasteiger partial charge on any atom is -0.337 e. The van der Waals surface area contributed by atoms with E-state index < -0.39 is 11.6 Å². The van der Waals surface area contributed by atoms with Gasteiger partial charge in [0.15, 0.2) is 0 Å². The van der Waals surface area contributed by atoms with Crippen molar-refractivity contribution in [3.8, 4) is 0 Å². The van der Waals surface area contributed by atoms with Gasteiger partial charge in [0.2, 0.25) is 0 Å². The van der Waals surface area contributed by atoms with Crippen LogP contribution in [0.3, 0.4) is 0 Å². The summed E-state index contributed by atoms with van der Waals surface area (Å²) < 4.78 is 28.0. The van der Waals surface area contributed by atoms with Crippen LogP contribution in [0.5, 0.6) is 0 Å². The quantitative estimate of drug-likeness (QED) is 0.321. The van der Waals surface area contributed by atoms with Crippen molar-refractivity contribution in [1.29, 1.82) is 0 Å².